The van der Waals surface area contributed by atoms with E-state index in [1.54, 1.807) is 10.9 Å². The van der Waals surface area contributed by atoms with Gasteiger partial charge in [0, 0.05) is 25.0 Å². The molecular weight excluding hydrogens is 416 g/mol. The molecule has 0 radical (unpaired) electrons. The number of imidazole rings is 1. The number of anilines is 1. The van der Waals surface area contributed by atoms with Gasteiger partial charge < -0.3 is 15.0 Å². The zero-order valence-electron chi connectivity index (χ0n) is 19.0. The number of rotatable bonds is 8. The van der Waals surface area contributed by atoms with E-state index in [1.165, 1.54) is 32.4 Å². The van der Waals surface area contributed by atoms with Crippen LogP contribution in [0.2, 0.25) is 0 Å². The van der Waals surface area contributed by atoms with Gasteiger partial charge in [0.15, 0.2) is 0 Å². The number of nitrogens with one attached hydrogen (secondary N) is 2. The normalized spacial score (nSPS) is 14.7. The lowest BCUT2D eigenvalue weighted by Crippen LogP contribution is -2.33. The molecule has 1 aliphatic heterocycles. The number of H-pyrrole nitrogens is 1. The Labute approximate surface area is 192 Å². The third-order valence-corrected chi connectivity index (χ3v) is 6.33. The second kappa shape index (κ2) is 9.62. The Bertz CT molecular complexity index is 1310. The van der Waals surface area contributed by atoms with E-state index in [0.717, 1.165) is 45.6 Å². The molecule has 1 aliphatic rings. The van der Waals surface area contributed by atoms with Crippen molar-refractivity contribution in [2.45, 2.75) is 39.3 Å². The molecule has 4 aromatic rings. The van der Waals surface area contributed by atoms with Gasteiger partial charge in [-0.05, 0) is 62.7 Å². The summed E-state index contributed by atoms with van der Waals surface area (Å²) in [6.45, 7) is 7.23. The molecule has 0 unspecified atom stereocenters. The van der Waals surface area contributed by atoms with E-state index in [2.05, 4.69) is 37.3 Å². The molecule has 5 rings (SSSR count). The van der Waals surface area contributed by atoms with Gasteiger partial charge >= 0.3 is 5.69 Å². The van der Waals surface area contributed by atoms with Gasteiger partial charge in [-0.2, -0.15) is 0 Å². The lowest BCUT2D eigenvalue weighted by Gasteiger charge is -2.26. The van der Waals surface area contributed by atoms with E-state index in [9.17, 15) is 4.79 Å². The summed E-state index contributed by atoms with van der Waals surface area (Å²) in [6.07, 6.45) is 5.50. The highest BCUT2D eigenvalue weighted by atomic mass is 16.5. The third-order valence-electron chi connectivity index (χ3n) is 6.33. The average Bonchev–Trinajstić information content (AvgIpc) is 3.16. The molecule has 3 heterocycles. The Balaban J connectivity index is 1.28. The minimum atomic E-state index is -0.109. The van der Waals surface area contributed by atoms with E-state index >= 15 is 0 Å². The van der Waals surface area contributed by atoms with Crippen molar-refractivity contribution in [3.8, 4) is 5.75 Å². The molecular formula is C25H30N6O2. The lowest BCUT2D eigenvalue weighted by atomic mass is 10.1. The first-order valence-corrected chi connectivity index (χ1v) is 11.8. The molecule has 1 fully saturated rings. The molecule has 0 spiro atoms. The Morgan fingerprint density at radius 3 is 2.85 bits per heavy atom. The van der Waals surface area contributed by atoms with Crippen LogP contribution in [0.1, 0.15) is 31.7 Å². The molecule has 2 N–H and O–H groups in total. The lowest BCUT2D eigenvalue weighted by molar-refractivity contribution is 0.183. The van der Waals surface area contributed by atoms with Crippen LogP contribution in [0.5, 0.6) is 5.75 Å². The molecule has 0 amide bonds. The van der Waals surface area contributed by atoms with Crippen molar-refractivity contribution in [1.29, 1.82) is 0 Å². The van der Waals surface area contributed by atoms with Crippen LogP contribution in [-0.4, -0.2) is 50.7 Å². The van der Waals surface area contributed by atoms with Crippen molar-refractivity contribution >= 4 is 27.8 Å². The number of aromatic nitrogens is 4. The van der Waals surface area contributed by atoms with Crippen LogP contribution in [0.15, 0.2) is 47.5 Å². The number of benzene rings is 2. The number of likely N-dealkylation sites (tertiary alicyclic amines) is 1. The average molecular weight is 447 g/mol. The molecule has 0 bridgehead atoms. The summed E-state index contributed by atoms with van der Waals surface area (Å²) in [5, 5.41) is 4.30. The predicted molar refractivity (Wildman–Crippen MR) is 131 cm³/mol. The first-order valence-electron chi connectivity index (χ1n) is 11.8. The van der Waals surface area contributed by atoms with E-state index < -0.39 is 0 Å². The molecule has 2 aromatic carbocycles. The van der Waals surface area contributed by atoms with Gasteiger partial charge in [-0.25, -0.2) is 14.8 Å². The summed E-state index contributed by atoms with van der Waals surface area (Å²) in [5.74, 6) is 1.63. The van der Waals surface area contributed by atoms with Crippen molar-refractivity contribution in [1.82, 2.24) is 24.4 Å². The SMILES string of the molecule is CCn1c(=O)[nH]c2cc3c(NCc4cccc(OCCN5CCCCC5)c4)ncnc3cc21. The van der Waals surface area contributed by atoms with Crippen LogP contribution >= 0.6 is 0 Å². The topological polar surface area (TPSA) is 88.1 Å². The fourth-order valence-corrected chi connectivity index (χ4v) is 4.57. The maximum absolute atomic E-state index is 12.2. The van der Waals surface area contributed by atoms with Gasteiger partial charge in [0.1, 0.15) is 24.5 Å². The number of aromatic amines is 1. The highest BCUT2D eigenvalue weighted by molar-refractivity contribution is 5.98. The van der Waals surface area contributed by atoms with Gasteiger partial charge in [-0.15, -0.1) is 0 Å². The molecule has 2 aromatic heterocycles. The first kappa shape index (κ1) is 21.5. The second-order valence-corrected chi connectivity index (χ2v) is 8.53. The quantitative estimate of drug-likeness (QED) is 0.428. The van der Waals surface area contributed by atoms with E-state index in [0.29, 0.717) is 19.7 Å². The van der Waals surface area contributed by atoms with Gasteiger partial charge in [0.05, 0.1) is 16.6 Å². The molecule has 0 atom stereocenters. The van der Waals surface area contributed by atoms with Crippen LogP contribution in [0.4, 0.5) is 5.82 Å². The molecule has 8 nitrogen and oxygen atoms in total. The van der Waals surface area contributed by atoms with Gasteiger partial charge in [0.25, 0.3) is 0 Å². The smallest absolute Gasteiger partial charge is 0.326 e. The van der Waals surface area contributed by atoms with Crippen LogP contribution in [-0.2, 0) is 13.1 Å². The third kappa shape index (κ3) is 4.71. The Morgan fingerprint density at radius 2 is 2.00 bits per heavy atom. The van der Waals surface area contributed by atoms with E-state index in [-0.39, 0.29) is 5.69 Å². The number of nitrogens with zero attached hydrogens (tertiary/aromatic N) is 4. The van der Waals surface area contributed by atoms with Gasteiger partial charge in [0.2, 0.25) is 0 Å². The number of ether oxygens (including phenoxy) is 1. The maximum atomic E-state index is 12.2. The van der Waals surface area contributed by atoms with Crippen molar-refractivity contribution in [3.05, 3.63) is 58.8 Å². The number of piperidine rings is 1. The number of hydrogen-bond donors (Lipinski definition) is 2. The van der Waals surface area contributed by atoms with Crippen molar-refractivity contribution < 1.29 is 4.74 Å². The van der Waals surface area contributed by atoms with Crippen molar-refractivity contribution in [3.63, 3.8) is 0 Å². The molecule has 172 valence electrons. The fraction of sp³-hybridized carbons (Fsp3) is 0.400. The molecule has 0 saturated carbocycles. The minimum absolute atomic E-state index is 0.109. The summed E-state index contributed by atoms with van der Waals surface area (Å²) < 4.78 is 7.72. The van der Waals surface area contributed by atoms with Crippen LogP contribution in [0.3, 0.4) is 0 Å². The van der Waals surface area contributed by atoms with E-state index in [4.69, 9.17) is 4.74 Å². The second-order valence-electron chi connectivity index (χ2n) is 8.53. The predicted octanol–water partition coefficient (Wildman–Crippen LogP) is 3.77. The van der Waals surface area contributed by atoms with Crippen LogP contribution in [0, 0.1) is 0 Å². The number of aryl methyl sites for hydroxylation is 1. The zero-order chi connectivity index (χ0) is 22.6. The molecule has 8 heteroatoms. The van der Waals surface area contributed by atoms with Crippen molar-refractivity contribution in [2.24, 2.45) is 0 Å². The number of hydrogen-bond acceptors (Lipinski definition) is 6. The monoisotopic (exact) mass is 446 g/mol. The standard InChI is InChI=1S/C25H30N6O2/c1-2-31-23-15-21-20(14-22(23)29-25(31)32)24(28-17-27-21)26-16-18-7-6-8-19(13-18)33-12-11-30-9-4-3-5-10-30/h6-8,13-15,17H,2-5,9-12,16H2,1H3,(H,29,32)(H,26,27,28). The highest BCUT2D eigenvalue weighted by Gasteiger charge is 2.12. The largest absolute Gasteiger partial charge is 0.492 e. The maximum Gasteiger partial charge on any atom is 0.326 e. The fourth-order valence-electron chi connectivity index (χ4n) is 4.57. The summed E-state index contributed by atoms with van der Waals surface area (Å²) >= 11 is 0. The van der Waals surface area contributed by atoms with E-state index in [1.807, 2.05) is 31.2 Å². The van der Waals surface area contributed by atoms with Gasteiger partial charge in [-0.3, -0.25) is 9.47 Å². The molecule has 1 saturated heterocycles. The highest BCUT2D eigenvalue weighted by Crippen LogP contribution is 2.25. The summed E-state index contributed by atoms with van der Waals surface area (Å²) in [4.78, 5) is 26.4. The molecule has 0 aliphatic carbocycles. The Kier molecular flexibility index (Phi) is 6.26. The Hall–Kier alpha value is -3.39. The minimum Gasteiger partial charge on any atom is -0.492 e. The van der Waals surface area contributed by atoms with Crippen LogP contribution < -0.4 is 15.7 Å². The first-order chi connectivity index (χ1) is 16.2. The summed E-state index contributed by atoms with van der Waals surface area (Å²) in [5.41, 5.74) is 3.45. The number of fused-ring (bicyclic) bond motifs is 2. The molecule has 33 heavy (non-hydrogen) atoms. The Morgan fingerprint density at radius 1 is 1.12 bits per heavy atom. The van der Waals surface area contributed by atoms with Crippen LogP contribution in [0.25, 0.3) is 21.9 Å². The zero-order valence-corrected chi connectivity index (χ0v) is 19.0. The van der Waals surface area contributed by atoms with Crippen molar-refractivity contribution in [2.75, 3.05) is 31.6 Å². The summed E-state index contributed by atoms with van der Waals surface area (Å²) in [7, 11) is 0. The van der Waals surface area contributed by atoms with Gasteiger partial charge in [-0.1, -0.05) is 18.6 Å². The summed E-state index contributed by atoms with van der Waals surface area (Å²) in [6, 6.07) is 12.1.